The van der Waals surface area contributed by atoms with E-state index in [0.29, 0.717) is 5.02 Å². The number of benzene rings is 2. The number of hydrogen-bond acceptors (Lipinski definition) is 5. The molecule has 114 valence electrons. The van der Waals surface area contributed by atoms with Gasteiger partial charge in [0.15, 0.2) is 0 Å². The predicted molar refractivity (Wildman–Crippen MR) is 93.8 cm³/mol. The molecule has 6 heteroatoms. The van der Waals surface area contributed by atoms with Crippen LogP contribution in [0.1, 0.15) is 11.6 Å². The van der Waals surface area contributed by atoms with Crippen molar-refractivity contribution >= 4 is 33.0 Å². The molecule has 23 heavy (non-hydrogen) atoms. The molecule has 1 aliphatic heterocycles. The molecule has 3 aromatic rings. The first-order valence-electron chi connectivity index (χ1n) is 7.19. The van der Waals surface area contributed by atoms with Gasteiger partial charge < -0.3 is 0 Å². The molecule has 2 heterocycles. The van der Waals surface area contributed by atoms with Crippen LogP contribution in [0.5, 0.6) is 0 Å². The second kappa shape index (κ2) is 5.93. The predicted octanol–water partition coefficient (Wildman–Crippen LogP) is 3.77. The van der Waals surface area contributed by atoms with Crippen molar-refractivity contribution in [3.05, 3.63) is 58.4 Å². The number of fused-ring (bicyclic) bond motifs is 1. The fourth-order valence-electron chi connectivity index (χ4n) is 2.90. The van der Waals surface area contributed by atoms with Gasteiger partial charge in [0, 0.05) is 20.7 Å². The maximum absolute atomic E-state index is 9.24. The first-order valence-corrected chi connectivity index (χ1v) is 8.45. The Balaban J connectivity index is 1.83. The van der Waals surface area contributed by atoms with Crippen molar-refractivity contribution in [1.82, 2.24) is 16.4 Å². The lowest BCUT2D eigenvalue weighted by Gasteiger charge is -2.14. The van der Waals surface area contributed by atoms with E-state index in [0.717, 1.165) is 11.1 Å². The summed E-state index contributed by atoms with van der Waals surface area (Å²) >= 11 is 8.06. The SMILES string of the molecule is N#CC1NNNC1c1cc(Cl)cc(-c2csc3ccccc23)c1. The Labute approximate surface area is 142 Å². The Hall–Kier alpha value is -1.94. The van der Waals surface area contributed by atoms with Gasteiger partial charge in [0.05, 0.1) is 12.1 Å². The van der Waals surface area contributed by atoms with Crippen molar-refractivity contribution in [2.75, 3.05) is 0 Å². The molecule has 2 unspecified atom stereocenters. The molecule has 0 bridgehead atoms. The van der Waals surface area contributed by atoms with Gasteiger partial charge in [-0.3, -0.25) is 0 Å². The molecule has 3 N–H and O–H groups in total. The molecule has 0 saturated carbocycles. The maximum atomic E-state index is 9.24. The lowest BCUT2D eigenvalue weighted by molar-refractivity contribution is 0.555. The number of nitrogens with one attached hydrogen (secondary N) is 3. The Kier molecular flexibility index (Phi) is 3.77. The van der Waals surface area contributed by atoms with Gasteiger partial charge in [-0.15, -0.1) is 11.3 Å². The van der Waals surface area contributed by atoms with E-state index in [4.69, 9.17) is 11.6 Å². The van der Waals surface area contributed by atoms with Crippen LogP contribution in [0.25, 0.3) is 21.2 Å². The smallest absolute Gasteiger partial charge is 0.130 e. The van der Waals surface area contributed by atoms with Crippen LogP contribution >= 0.6 is 22.9 Å². The van der Waals surface area contributed by atoms with E-state index >= 15 is 0 Å². The van der Waals surface area contributed by atoms with Crippen molar-refractivity contribution in [2.24, 2.45) is 0 Å². The van der Waals surface area contributed by atoms with Crippen molar-refractivity contribution in [3.8, 4) is 17.2 Å². The summed E-state index contributed by atoms with van der Waals surface area (Å²) in [5, 5.41) is 13.3. The summed E-state index contributed by atoms with van der Waals surface area (Å²) in [6.07, 6.45) is 0. The quantitative estimate of drug-likeness (QED) is 0.664. The Morgan fingerprint density at radius 1 is 1.13 bits per heavy atom. The van der Waals surface area contributed by atoms with E-state index < -0.39 is 0 Å². The second-order valence-electron chi connectivity index (χ2n) is 5.42. The standard InChI is InChI=1S/C17H13ClN4S/c18-12-6-10(14-9-23-16-4-2-1-3-13(14)16)5-11(7-12)17-15(8-19)20-22-21-17/h1-7,9,15,17,20-22H. The minimum absolute atomic E-state index is 0.151. The molecule has 1 fully saturated rings. The van der Waals surface area contributed by atoms with E-state index in [9.17, 15) is 5.26 Å². The third-order valence-electron chi connectivity index (χ3n) is 4.00. The van der Waals surface area contributed by atoms with E-state index in [1.807, 2.05) is 24.3 Å². The Morgan fingerprint density at radius 3 is 2.87 bits per heavy atom. The average Bonchev–Trinajstić information content (AvgIpc) is 3.21. The van der Waals surface area contributed by atoms with E-state index in [1.165, 1.54) is 15.6 Å². The van der Waals surface area contributed by atoms with E-state index in [2.05, 4.69) is 46.0 Å². The van der Waals surface area contributed by atoms with Gasteiger partial charge in [-0.1, -0.05) is 29.8 Å². The van der Waals surface area contributed by atoms with E-state index in [1.54, 1.807) is 11.3 Å². The van der Waals surface area contributed by atoms with E-state index in [-0.39, 0.29) is 12.1 Å². The Morgan fingerprint density at radius 2 is 2.00 bits per heavy atom. The number of thiophene rings is 1. The van der Waals surface area contributed by atoms with Crippen LogP contribution in [0.3, 0.4) is 0 Å². The second-order valence-corrected chi connectivity index (χ2v) is 6.76. The van der Waals surface area contributed by atoms with Gasteiger partial charge >= 0.3 is 0 Å². The summed E-state index contributed by atoms with van der Waals surface area (Å²) in [7, 11) is 0. The minimum Gasteiger partial charge on any atom is -0.234 e. The molecule has 2 aromatic carbocycles. The summed E-state index contributed by atoms with van der Waals surface area (Å²) in [6, 6.07) is 16.0. The van der Waals surface area contributed by atoms with Crippen molar-refractivity contribution in [3.63, 3.8) is 0 Å². The molecule has 1 aliphatic rings. The first-order chi connectivity index (χ1) is 11.3. The van der Waals surface area contributed by atoms with Gasteiger partial charge in [0.2, 0.25) is 0 Å². The highest BCUT2D eigenvalue weighted by molar-refractivity contribution is 7.17. The van der Waals surface area contributed by atoms with Gasteiger partial charge in [0.1, 0.15) is 6.04 Å². The fourth-order valence-corrected chi connectivity index (χ4v) is 4.11. The number of nitriles is 1. The molecular weight excluding hydrogens is 328 g/mol. The lowest BCUT2D eigenvalue weighted by atomic mass is 9.96. The topological polar surface area (TPSA) is 59.9 Å². The molecule has 0 spiro atoms. The average molecular weight is 341 g/mol. The molecule has 0 radical (unpaired) electrons. The summed E-state index contributed by atoms with van der Waals surface area (Å²) < 4.78 is 1.25. The van der Waals surface area contributed by atoms with Crippen molar-refractivity contribution in [2.45, 2.75) is 12.1 Å². The third kappa shape index (κ3) is 2.61. The van der Waals surface area contributed by atoms with Crippen LogP contribution in [0.4, 0.5) is 0 Å². The molecule has 2 atom stereocenters. The zero-order valence-electron chi connectivity index (χ0n) is 12.0. The van der Waals surface area contributed by atoms with Crippen LogP contribution < -0.4 is 16.4 Å². The fraction of sp³-hybridized carbons (Fsp3) is 0.118. The number of hydrogen-bond donors (Lipinski definition) is 3. The van der Waals surface area contributed by atoms with Crippen LogP contribution in [-0.2, 0) is 0 Å². The van der Waals surface area contributed by atoms with Crippen LogP contribution in [0, 0.1) is 11.3 Å². The van der Waals surface area contributed by atoms with Crippen molar-refractivity contribution in [1.29, 1.82) is 5.26 Å². The highest BCUT2D eigenvalue weighted by Crippen LogP contribution is 2.36. The number of nitrogens with zero attached hydrogens (tertiary/aromatic N) is 1. The molecule has 1 saturated heterocycles. The summed E-state index contributed by atoms with van der Waals surface area (Å²) in [5.74, 6) is 0. The number of rotatable bonds is 2. The van der Waals surface area contributed by atoms with Crippen LogP contribution in [0.15, 0.2) is 47.8 Å². The molecule has 0 aliphatic carbocycles. The lowest BCUT2D eigenvalue weighted by Crippen LogP contribution is -2.32. The van der Waals surface area contributed by atoms with Gasteiger partial charge in [-0.2, -0.15) is 10.8 Å². The summed E-state index contributed by atoms with van der Waals surface area (Å²) in [4.78, 5) is 0. The molecule has 4 rings (SSSR count). The van der Waals surface area contributed by atoms with Gasteiger partial charge in [-0.25, -0.2) is 10.9 Å². The largest absolute Gasteiger partial charge is 0.234 e. The number of hydrazine groups is 2. The first kappa shape index (κ1) is 14.6. The van der Waals surface area contributed by atoms with Gasteiger partial charge in [0.25, 0.3) is 0 Å². The number of halogens is 1. The maximum Gasteiger partial charge on any atom is 0.130 e. The van der Waals surface area contributed by atoms with Crippen LogP contribution in [-0.4, -0.2) is 6.04 Å². The molecular formula is C17H13ClN4S. The normalized spacial score (nSPS) is 20.7. The summed E-state index contributed by atoms with van der Waals surface area (Å²) in [5.41, 5.74) is 12.0. The van der Waals surface area contributed by atoms with Crippen molar-refractivity contribution < 1.29 is 0 Å². The highest BCUT2D eigenvalue weighted by atomic mass is 35.5. The molecule has 1 aromatic heterocycles. The monoisotopic (exact) mass is 340 g/mol. The summed E-state index contributed by atoms with van der Waals surface area (Å²) in [6.45, 7) is 0. The zero-order valence-corrected chi connectivity index (χ0v) is 13.6. The molecule has 0 amide bonds. The third-order valence-corrected chi connectivity index (χ3v) is 5.18. The molecule has 4 nitrogen and oxygen atoms in total. The zero-order chi connectivity index (χ0) is 15.8. The Bertz CT molecular complexity index is 914. The van der Waals surface area contributed by atoms with Crippen LogP contribution in [0.2, 0.25) is 5.02 Å². The van der Waals surface area contributed by atoms with Gasteiger partial charge in [-0.05, 0) is 40.8 Å². The minimum atomic E-state index is -0.347. The highest BCUT2D eigenvalue weighted by Gasteiger charge is 2.28.